The zero-order chi connectivity index (χ0) is 24.1. The Labute approximate surface area is 197 Å². The molecule has 5 rings (SSSR count). The average molecular weight is 453 g/mol. The molecule has 2 aromatic heterocycles. The van der Waals surface area contributed by atoms with Gasteiger partial charge in [-0.2, -0.15) is 0 Å². The quantitative estimate of drug-likeness (QED) is 0.290. The van der Waals surface area contributed by atoms with Crippen LogP contribution in [0, 0.1) is 5.41 Å². The highest BCUT2D eigenvalue weighted by molar-refractivity contribution is 5.83. The minimum absolute atomic E-state index is 0.234. The highest BCUT2D eigenvalue weighted by Gasteiger charge is 2.45. The molecular formula is C27H28N6O. The monoisotopic (exact) mass is 452 g/mol. The fourth-order valence-electron chi connectivity index (χ4n) is 4.89. The molecule has 2 heterocycles. The van der Waals surface area contributed by atoms with Gasteiger partial charge in [-0.15, -0.1) is 10.2 Å². The molecule has 3 aromatic carbocycles. The molecule has 0 aliphatic heterocycles. The number of rotatable bonds is 6. The van der Waals surface area contributed by atoms with Crippen molar-refractivity contribution in [2.45, 2.75) is 39.0 Å². The Morgan fingerprint density at radius 3 is 1.85 bits per heavy atom. The molecule has 0 aliphatic rings. The van der Waals surface area contributed by atoms with E-state index in [0.29, 0.717) is 0 Å². The van der Waals surface area contributed by atoms with Gasteiger partial charge >= 0.3 is 0 Å². The molecule has 3 N–H and O–H groups in total. The Bertz CT molecular complexity index is 1440. The normalized spacial score (nSPS) is 12.6. The molecule has 0 spiro atoms. The maximum absolute atomic E-state index is 10.7. The van der Waals surface area contributed by atoms with Gasteiger partial charge in [0.15, 0.2) is 0 Å². The van der Waals surface area contributed by atoms with Crippen LogP contribution in [-0.2, 0) is 5.41 Å². The maximum Gasteiger partial charge on any atom is 0.119 e. The Morgan fingerprint density at radius 2 is 1.32 bits per heavy atom. The number of aromatic hydroxyl groups is 1. The second kappa shape index (κ2) is 7.80. The Kier molecular flexibility index (Phi) is 5.01. The van der Waals surface area contributed by atoms with Gasteiger partial charge in [0.1, 0.15) is 16.8 Å². The molecule has 7 nitrogen and oxygen atoms in total. The van der Waals surface area contributed by atoms with Crippen LogP contribution in [0.5, 0.6) is 5.75 Å². The summed E-state index contributed by atoms with van der Waals surface area (Å²) in [6, 6.07) is 19.6. The summed E-state index contributed by atoms with van der Waals surface area (Å²) in [6.07, 6.45) is 0. The molecule has 0 radical (unpaired) electrons. The molecule has 0 bridgehead atoms. The topological polar surface area (TPSA) is 103 Å². The van der Waals surface area contributed by atoms with Crippen molar-refractivity contribution in [3.8, 4) is 5.75 Å². The second-order valence-corrected chi connectivity index (χ2v) is 9.84. The third-order valence-corrected chi connectivity index (χ3v) is 7.69. The van der Waals surface area contributed by atoms with E-state index < -0.39 is 10.8 Å². The minimum Gasteiger partial charge on any atom is -0.508 e. The zero-order valence-electron chi connectivity index (χ0n) is 19.8. The van der Waals surface area contributed by atoms with Crippen molar-refractivity contribution in [1.82, 2.24) is 30.8 Å². The van der Waals surface area contributed by atoms with Crippen molar-refractivity contribution < 1.29 is 5.11 Å². The zero-order valence-corrected chi connectivity index (χ0v) is 19.8. The van der Waals surface area contributed by atoms with E-state index in [1.807, 2.05) is 42.5 Å². The predicted molar refractivity (Wildman–Crippen MR) is 134 cm³/mol. The Hall–Kier alpha value is -4.00. The summed E-state index contributed by atoms with van der Waals surface area (Å²) in [4.78, 5) is 0. The van der Waals surface area contributed by atoms with Gasteiger partial charge in [-0.25, -0.2) is 0 Å². The van der Waals surface area contributed by atoms with Crippen LogP contribution in [-0.4, -0.2) is 35.9 Å². The maximum atomic E-state index is 10.7. The molecule has 172 valence electrons. The van der Waals surface area contributed by atoms with E-state index in [9.17, 15) is 5.11 Å². The highest BCUT2D eigenvalue weighted by atomic mass is 16.3. The van der Waals surface area contributed by atoms with E-state index in [2.05, 4.69) is 77.2 Å². The number of fused-ring (bicyclic) bond motifs is 2. The number of phenols is 1. The van der Waals surface area contributed by atoms with Crippen LogP contribution in [0.1, 0.15) is 50.3 Å². The number of allylic oxidation sites excluding steroid dienone is 1. The first kappa shape index (κ1) is 21.8. The molecule has 5 aromatic rings. The van der Waals surface area contributed by atoms with Crippen LogP contribution >= 0.6 is 0 Å². The number of aromatic nitrogens is 6. The summed E-state index contributed by atoms with van der Waals surface area (Å²) >= 11 is 0. The molecular weight excluding hydrogens is 424 g/mol. The first-order valence-electron chi connectivity index (χ1n) is 11.3. The third-order valence-electron chi connectivity index (χ3n) is 7.69. The molecule has 0 unspecified atom stereocenters. The van der Waals surface area contributed by atoms with Crippen LogP contribution in [0.4, 0.5) is 0 Å². The summed E-state index contributed by atoms with van der Waals surface area (Å²) in [7, 11) is 0. The molecule has 34 heavy (non-hydrogen) atoms. The van der Waals surface area contributed by atoms with E-state index in [1.54, 1.807) is 6.07 Å². The summed E-state index contributed by atoms with van der Waals surface area (Å²) in [6.45, 7) is 13.3. The van der Waals surface area contributed by atoms with Gasteiger partial charge in [-0.1, -0.05) is 92.7 Å². The fourth-order valence-corrected chi connectivity index (χ4v) is 4.89. The summed E-state index contributed by atoms with van der Waals surface area (Å²) in [5.74, 6) is 0.0462. The van der Waals surface area contributed by atoms with Gasteiger partial charge in [0, 0.05) is 16.9 Å². The number of para-hydroxylation sites is 1. The molecule has 7 heteroatoms. The van der Waals surface area contributed by atoms with Crippen LogP contribution in [0.25, 0.3) is 22.1 Å². The molecule has 0 aliphatic carbocycles. The number of hydrogen-bond donors (Lipinski definition) is 3. The first-order chi connectivity index (χ1) is 16.2. The minimum atomic E-state index is -0.450. The van der Waals surface area contributed by atoms with Crippen LogP contribution in [0.15, 0.2) is 72.8 Å². The summed E-state index contributed by atoms with van der Waals surface area (Å²) in [5, 5.41) is 33.6. The van der Waals surface area contributed by atoms with Gasteiger partial charge in [-0.3, -0.25) is 10.2 Å². The molecule has 0 amide bonds. The van der Waals surface area contributed by atoms with Crippen molar-refractivity contribution in [2.24, 2.45) is 5.41 Å². The Balaban J connectivity index is 1.74. The van der Waals surface area contributed by atoms with Crippen molar-refractivity contribution >= 4 is 22.1 Å². The summed E-state index contributed by atoms with van der Waals surface area (Å²) in [5.41, 5.74) is 6.26. The largest absolute Gasteiger partial charge is 0.508 e. The molecule has 0 fully saturated rings. The number of benzene rings is 3. The second-order valence-electron chi connectivity index (χ2n) is 9.84. The van der Waals surface area contributed by atoms with Gasteiger partial charge in [-0.05, 0) is 34.7 Å². The van der Waals surface area contributed by atoms with E-state index >= 15 is 0 Å². The molecule has 0 atom stereocenters. The van der Waals surface area contributed by atoms with Crippen LogP contribution < -0.4 is 0 Å². The van der Waals surface area contributed by atoms with Gasteiger partial charge in [0.05, 0.1) is 11.0 Å². The Morgan fingerprint density at radius 1 is 0.794 bits per heavy atom. The van der Waals surface area contributed by atoms with Gasteiger partial charge < -0.3 is 5.11 Å². The SMILES string of the molecule is C=C(C(c1cccc2[nH]nnc12)c1cccc2[nH]nnc12)C(C)(C)C(C)(C)c1ccccc1O. The van der Waals surface area contributed by atoms with Crippen LogP contribution in [0.3, 0.4) is 0 Å². The lowest BCUT2D eigenvalue weighted by Crippen LogP contribution is -2.39. The number of aromatic amines is 2. The third kappa shape index (κ3) is 3.19. The lowest BCUT2D eigenvalue weighted by Gasteiger charge is -2.46. The van der Waals surface area contributed by atoms with Crippen molar-refractivity contribution in [3.63, 3.8) is 0 Å². The average Bonchev–Trinajstić information content (AvgIpc) is 3.49. The van der Waals surface area contributed by atoms with Crippen molar-refractivity contribution in [3.05, 3.63) is 89.5 Å². The van der Waals surface area contributed by atoms with Gasteiger partial charge in [0.25, 0.3) is 0 Å². The standard InChI is InChI=1S/C27H28N6O/c1-16(26(2,3)27(4,5)19-12-6-7-15-22(19)34)23(17-10-8-13-20-24(17)30-32-28-20)18-11-9-14-21-25(18)31-33-29-21/h6-15,23,34H,1H2,2-5H3,(H,28,30,32)(H,29,31,33). The molecule has 0 saturated carbocycles. The van der Waals surface area contributed by atoms with Crippen molar-refractivity contribution in [1.29, 1.82) is 0 Å². The number of nitrogens with zero attached hydrogens (tertiary/aromatic N) is 4. The lowest BCUT2D eigenvalue weighted by molar-refractivity contribution is 0.234. The smallest absolute Gasteiger partial charge is 0.119 e. The van der Waals surface area contributed by atoms with E-state index in [4.69, 9.17) is 0 Å². The summed E-state index contributed by atoms with van der Waals surface area (Å²) < 4.78 is 0. The highest BCUT2D eigenvalue weighted by Crippen LogP contribution is 2.54. The van der Waals surface area contributed by atoms with E-state index in [1.165, 1.54) is 0 Å². The number of H-pyrrole nitrogens is 2. The number of nitrogens with one attached hydrogen (secondary N) is 2. The number of phenolic OH excluding ortho intramolecular Hbond substituents is 1. The van der Waals surface area contributed by atoms with Gasteiger partial charge in [0.2, 0.25) is 0 Å². The van der Waals surface area contributed by atoms with E-state index in [0.717, 1.165) is 44.3 Å². The van der Waals surface area contributed by atoms with Crippen molar-refractivity contribution in [2.75, 3.05) is 0 Å². The van der Waals surface area contributed by atoms with E-state index in [-0.39, 0.29) is 11.7 Å². The lowest BCUT2D eigenvalue weighted by atomic mass is 9.57. The number of hydrogen-bond acceptors (Lipinski definition) is 5. The first-order valence-corrected chi connectivity index (χ1v) is 11.3. The van der Waals surface area contributed by atoms with Crippen LogP contribution in [0.2, 0.25) is 0 Å². The predicted octanol–water partition coefficient (Wildman–Crippen LogP) is 5.63. The molecule has 0 saturated heterocycles. The fraction of sp³-hybridized carbons (Fsp3) is 0.259.